The Morgan fingerprint density at radius 3 is 1.59 bits per heavy atom. The Hall–Kier alpha value is -0.970. The number of halogens is 3. The molecular weight excluding hydrogens is 495 g/mol. The molecule has 4 nitrogen and oxygen atoms in total. The third kappa shape index (κ3) is 15.8. The summed E-state index contributed by atoms with van der Waals surface area (Å²) >= 11 is 18.0. The predicted molar refractivity (Wildman–Crippen MR) is 142 cm³/mol. The highest BCUT2D eigenvalue weighted by Crippen LogP contribution is 2.29. The minimum atomic E-state index is -0.411. The summed E-state index contributed by atoms with van der Waals surface area (Å²) in [6.07, 6.45) is 17.4. The summed E-state index contributed by atoms with van der Waals surface area (Å²) in [6.45, 7) is 2.68. The third-order valence-corrected chi connectivity index (χ3v) is 6.65. The molecule has 0 fully saturated rings. The van der Waals surface area contributed by atoms with Crippen molar-refractivity contribution >= 4 is 46.7 Å². The van der Waals surface area contributed by atoms with E-state index in [1.165, 1.54) is 70.6 Å². The summed E-state index contributed by atoms with van der Waals surface area (Å²) in [5.74, 6) is -0.679. The molecule has 0 spiro atoms. The van der Waals surface area contributed by atoms with Gasteiger partial charge >= 0.3 is 11.9 Å². The second-order valence-corrected chi connectivity index (χ2v) is 10.1. The fourth-order valence-corrected chi connectivity index (χ4v) is 4.62. The molecule has 0 saturated heterocycles. The second kappa shape index (κ2) is 20.2. The van der Waals surface area contributed by atoms with Crippen molar-refractivity contribution in [2.45, 2.75) is 116 Å². The fourth-order valence-electron chi connectivity index (χ4n) is 3.69. The summed E-state index contributed by atoms with van der Waals surface area (Å²) in [5, 5.41) is 1.12. The van der Waals surface area contributed by atoms with E-state index in [4.69, 9.17) is 44.3 Å². The van der Waals surface area contributed by atoms with Crippen molar-refractivity contribution in [2.75, 3.05) is 6.61 Å². The van der Waals surface area contributed by atoms with Crippen LogP contribution in [0, 0.1) is 0 Å². The average molecular weight is 536 g/mol. The highest BCUT2D eigenvalue weighted by atomic mass is 35.5. The number of hydrogen-bond donors (Lipinski definition) is 0. The lowest BCUT2D eigenvalue weighted by atomic mass is 10.0. The highest BCUT2D eigenvalue weighted by Gasteiger charge is 2.12. The number of ether oxygens (including phenoxy) is 2. The smallest absolute Gasteiger partial charge is 0.306 e. The van der Waals surface area contributed by atoms with E-state index in [0.717, 1.165) is 12.8 Å². The number of unbranched alkanes of at least 4 members (excludes halogenated alkanes) is 12. The number of hydrogen-bond acceptors (Lipinski definition) is 4. The minimum Gasteiger partial charge on any atom is -0.466 e. The summed E-state index contributed by atoms with van der Waals surface area (Å²) in [7, 11) is 0. The Morgan fingerprint density at radius 1 is 0.647 bits per heavy atom. The fraction of sp³-hybridized carbons (Fsp3) is 0.704. The largest absolute Gasteiger partial charge is 0.466 e. The van der Waals surface area contributed by atoms with Crippen LogP contribution in [-0.4, -0.2) is 18.5 Å². The van der Waals surface area contributed by atoms with Gasteiger partial charge in [0.1, 0.15) is 6.61 Å². The minimum absolute atomic E-state index is 0.0306. The van der Waals surface area contributed by atoms with Crippen molar-refractivity contribution in [1.82, 2.24) is 0 Å². The zero-order valence-corrected chi connectivity index (χ0v) is 22.9. The van der Waals surface area contributed by atoms with Crippen LogP contribution in [0.3, 0.4) is 0 Å². The molecule has 0 N–H and O–H groups in total. The van der Waals surface area contributed by atoms with Crippen LogP contribution in [0.5, 0.6) is 0 Å². The zero-order chi connectivity index (χ0) is 25.0. The Bertz CT molecular complexity index is 686. The van der Waals surface area contributed by atoms with Crippen molar-refractivity contribution in [3.8, 4) is 0 Å². The van der Waals surface area contributed by atoms with Gasteiger partial charge in [0, 0.05) is 23.4 Å². The first kappa shape index (κ1) is 31.1. The molecule has 0 aliphatic carbocycles. The van der Waals surface area contributed by atoms with Crippen LogP contribution in [0.4, 0.5) is 0 Å². The first-order valence-electron chi connectivity index (χ1n) is 12.9. The molecule has 0 aliphatic rings. The van der Waals surface area contributed by atoms with Gasteiger partial charge < -0.3 is 9.47 Å². The molecule has 0 aromatic heterocycles. The van der Waals surface area contributed by atoms with Crippen LogP contribution in [0.25, 0.3) is 0 Å². The number of benzene rings is 1. The number of carbonyl (C=O) groups is 2. The van der Waals surface area contributed by atoms with Crippen LogP contribution >= 0.6 is 34.8 Å². The molecule has 1 aromatic carbocycles. The van der Waals surface area contributed by atoms with E-state index < -0.39 is 5.97 Å². The molecule has 1 aromatic rings. The summed E-state index contributed by atoms with van der Waals surface area (Å²) in [4.78, 5) is 23.7. The monoisotopic (exact) mass is 534 g/mol. The molecular formula is C27H41Cl3O4. The molecule has 0 aliphatic heterocycles. The molecule has 0 saturated carbocycles. The van der Waals surface area contributed by atoms with Crippen LogP contribution < -0.4 is 0 Å². The van der Waals surface area contributed by atoms with E-state index in [-0.39, 0.29) is 25.4 Å². The van der Waals surface area contributed by atoms with Crippen molar-refractivity contribution in [3.05, 3.63) is 32.8 Å². The molecule has 7 heteroatoms. The lowest BCUT2D eigenvalue weighted by Gasteiger charge is -2.09. The molecule has 0 atom stereocenters. The van der Waals surface area contributed by atoms with Gasteiger partial charge in [-0.05, 0) is 25.0 Å². The van der Waals surface area contributed by atoms with Gasteiger partial charge in [0.05, 0.1) is 16.7 Å². The standard InChI is InChI=1S/C27H41Cl3O4/c1-2-3-4-5-6-7-8-9-10-11-12-13-14-18-33-26(31)16-15-17-27(32)34-21-23-24(29)19-22(28)20-25(23)30/h19-20H,2-18,21H2,1H3. The molecule has 0 amide bonds. The number of rotatable bonds is 20. The maximum Gasteiger partial charge on any atom is 0.306 e. The van der Waals surface area contributed by atoms with Gasteiger partial charge in [0.2, 0.25) is 0 Å². The van der Waals surface area contributed by atoms with Crippen molar-refractivity contribution in [1.29, 1.82) is 0 Å². The van der Waals surface area contributed by atoms with Gasteiger partial charge in [-0.2, -0.15) is 0 Å². The summed E-state index contributed by atoms with van der Waals surface area (Å²) in [6, 6.07) is 3.09. The lowest BCUT2D eigenvalue weighted by Crippen LogP contribution is -2.09. The highest BCUT2D eigenvalue weighted by molar-refractivity contribution is 6.39. The van der Waals surface area contributed by atoms with E-state index in [0.29, 0.717) is 33.7 Å². The third-order valence-electron chi connectivity index (χ3n) is 5.76. The van der Waals surface area contributed by atoms with Crippen LogP contribution in [0.2, 0.25) is 15.1 Å². The summed E-state index contributed by atoms with van der Waals surface area (Å²) < 4.78 is 10.5. The van der Waals surface area contributed by atoms with E-state index >= 15 is 0 Å². The molecule has 0 radical (unpaired) electrons. The Morgan fingerprint density at radius 2 is 1.09 bits per heavy atom. The van der Waals surface area contributed by atoms with Crippen LogP contribution in [0.15, 0.2) is 12.1 Å². The summed E-state index contributed by atoms with van der Waals surface area (Å²) in [5.41, 5.74) is 0.512. The Labute approximate surface area is 221 Å². The molecule has 34 heavy (non-hydrogen) atoms. The van der Waals surface area contributed by atoms with Gasteiger partial charge in [0.25, 0.3) is 0 Å². The van der Waals surface area contributed by atoms with E-state index in [9.17, 15) is 9.59 Å². The molecule has 0 bridgehead atoms. The maximum atomic E-state index is 11.9. The number of esters is 2. The normalized spacial score (nSPS) is 10.9. The zero-order valence-electron chi connectivity index (χ0n) is 20.6. The average Bonchev–Trinajstić information content (AvgIpc) is 2.78. The second-order valence-electron chi connectivity index (χ2n) is 8.83. The number of carbonyl (C=O) groups excluding carboxylic acids is 2. The Kier molecular flexibility index (Phi) is 18.5. The molecule has 1 rings (SSSR count). The van der Waals surface area contributed by atoms with Gasteiger partial charge in [-0.25, -0.2) is 0 Å². The van der Waals surface area contributed by atoms with Gasteiger partial charge in [-0.15, -0.1) is 0 Å². The van der Waals surface area contributed by atoms with E-state index in [1.54, 1.807) is 12.1 Å². The molecule has 0 heterocycles. The van der Waals surface area contributed by atoms with Crippen molar-refractivity contribution in [3.63, 3.8) is 0 Å². The van der Waals surface area contributed by atoms with Crippen molar-refractivity contribution < 1.29 is 19.1 Å². The first-order chi connectivity index (χ1) is 16.4. The van der Waals surface area contributed by atoms with E-state index in [2.05, 4.69) is 6.92 Å². The van der Waals surface area contributed by atoms with Crippen LogP contribution in [0.1, 0.15) is 115 Å². The van der Waals surface area contributed by atoms with Crippen LogP contribution in [-0.2, 0) is 25.7 Å². The van der Waals surface area contributed by atoms with Gasteiger partial charge in [-0.1, -0.05) is 119 Å². The molecule has 194 valence electrons. The lowest BCUT2D eigenvalue weighted by molar-refractivity contribution is -0.146. The van der Waals surface area contributed by atoms with Gasteiger partial charge in [-0.3, -0.25) is 9.59 Å². The predicted octanol–water partition coefficient (Wildman–Crippen LogP) is 9.49. The van der Waals surface area contributed by atoms with Crippen molar-refractivity contribution in [2.24, 2.45) is 0 Å². The van der Waals surface area contributed by atoms with E-state index in [1.807, 2.05) is 0 Å². The maximum absolute atomic E-state index is 11.9. The topological polar surface area (TPSA) is 52.6 Å². The SMILES string of the molecule is CCCCCCCCCCCCCCCOC(=O)CCCC(=O)OCc1c(Cl)cc(Cl)cc1Cl. The van der Waals surface area contributed by atoms with Gasteiger partial charge in [0.15, 0.2) is 0 Å². The molecule has 0 unspecified atom stereocenters. The Balaban J connectivity index is 1.93. The first-order valence-corrected chi connectivity index (χ1v) is 14.0. The quantitative estimate of drug-likeness (QED) is 0.123.